The maximum Gasteiger partial charge on any atom is 0.357 e. The number of Topliss-reactive ketones (excluding diaryl/α,β-unsaturated/α-hetero) is 1. The van der Waals surface area contributed by atoms with Gasteiger partial charge in [0.05, 0.1) is 7.11 Å². The van der Waals surface area contributed by atoms with Crippen LogP contribution in [-0.4, -0.2) is 61.3 Å². The molecule has 1 aromatic heterocycles. The van der Waals surface area contributed by atoms with Crippen molar-refractivity contribution < 1.29 is 33.4 Å². The number of ketones is 1. The summed E-state index contributed by atoms with van der Waals surface area (Å²) in [6.45, 7) is 5.18. The van der Waals surface area contributed by atoms with Gasteiger partial charge in [0.15, 0.2) is 11.5 Å². The van der Waals surface area contributed by atoms with Crippen LogP contribution in [0.15, 0.2) is 55.1 Å². The molecule has 1 aliphatic rings. The first kappa shape index (κ1) is 31.6. The maximum absolute atomic E-state index is 13.8. The van der Waals surface area contributed by atoms with Gasteiger partial charge >= 0.3 is 11.9 Å². The number of nitrogens with two attached hydrogens (primary N) is 1. The number of hydrogen-bond acceptors (Lipinski definition) is 9. The van der Waals surface area contributed by atoms with Crippen LogP contribution in [0.2, 0.25) is 0 Å². The van der Waals surface area contributed by atoms with Crippen LogP contribution in [0.3, 0.4) is 0 Å². The van der Waals surface area contributed by atoms with Gasteiger partial charge in [-0.05, 0) is 54.2 Å². The molecule has 0 radical (unpaired) electrons. The second-order valence-corrected chi connectivity index (χ2v) is 10.3. The van der Waals surface area contributed by atoms with E-state index in [9.17, 15) is 19.2 Å². The number of benzene rings is 2. The third kappa shape index (κ3) is 7.94. The Labute approximate surface area is 254 Å². The second-order valence-electron chi connectivity index (χ2n) is 10.3. The molecule has 0 atom stereocenters. The average molecular weight is 599 g/mol. The second kappa shape index (κ2) is 14.2. The van der Waals surface area contributed by atoms with Crippen molar-refractivity contribution in [2.75, 3.05) is 26.9 Å². The Morgan fingerprint density at radius 3 is 2.36 bits per heavy atom. The third-order valence-corrected chi connectivity index (χ3v) is 7.00. The normalized spacial score (nSPS) is 12.1. The number of aromatic nitrogens is 1. The summed E-state index contributed by atoms with van der Waals surface area (Å²) in [6, 6.07) is 13.0. The van der Waals surface area contributed by atoms with Crippen molar-refractivity contribution in [3.8, 4) is 16.9 Å². The van der Waals surface area contributed by atoms with Gasteiger partial charge in [0, 0.05) is 42.1 Å². The number of nitrogen functional groups attached to an aromatic ring is 1. The van der Waals surface area contributed by atoms with Crippen molar-refractivity contribution in [3.63, 3.8) is 0 Å². The van der Waals surface area contributed by atoms with E-state index in [1.807, 2.05) is 0 Å². The fraction of sp³-hybridized carbons (Fsp3) is 0.273. The molecule has 228 valence electrons. The van der Waals surface area contributed by atoms with E-state index in [-0.39, 0.29) is 53.8 Å². The summed E-state index contributed by atoms with van der Waals surface area (Å²) in [5, 5.41) is 10.4. The quantitative estimate of drug-likeness (QED) is 0.0816. The summed E-state index contributed by atoms with van der Waals surface area (Å²) in [7, 11) is 1.47. The molecule has 1 amide bonds. The summed E-state index contributed by atoms with van der Waals surface area (Å²) in [5.74, 6) is -1.36. The van der Waals surface area contributed by atoms with Crippen molar-refractivity contribution >= 4 is 35.5 Å². The van der Waals surface area contributed by atoms with Crippen molar-refractivity contribution in [2.24, 2.45) is 11.7 Å². The Morgan fingerprint density at radius 2 is 1.75 bits per heavy atom. The van der Waals surface area contributed by atoms with Gasteiger partial charge in [0.25, 0.3) is 5.91 Å². The number of methoxy groups -OCH3 is 1. The lowest BCUT2D eigenvalue weighted by molar-refractivity contribution is -0.142. The lowest BCUT2D eigenvalue weighted by Crippen LogP contribution is -2.27. The number of rotatable bonds is 14. The minimum atomic E-state index is -0.867. The number of pyridine rings is 1. The number of hydrogen-bond donors (Lipinski definition) is 3. The number of amidine groups is 1. The van der Waals surface area contributed by atoms with Crippen LogP contribution >= 0.6 is 0 Å². The Kier molecular flexibility index (Phi) is 10.2. The Morgan fingerprint density at radius 1 is 1.05 bits per heavy atom. The van der Waals surface area contributed by atoms with Gasteiger partial charge in [-0.1, -0.05) is 36.9 Å². The van der Waals surface area contributed by atoms with E-state index in [4.69, 9.17) is 25.4 Å². The van der Waals surface area contributed by atoms with Crippen LogP contribution in [0, 0.1) is 11.3 Å². The lowest BCUT2D eigenvalue weighted by atomic mass is 9.90. The van der Waals surface area contributed by atoms with Gasteiger partial charge < -0.3 is 25.3 Å². The van der Waals surface area contributed by atoms with E-state index in [0.717, 1.165) is 12.8 Å². The van der Waals surface area contributed by atoms with Gasteiger partial charge in [-0.15, -0.1) is 0 Å². The first-order valence-corrected chi connectivity index (χ1v) is 14.0. The molecular formula is C33H34N4O7. The molecule has 0 aliphatic heterocycles. The third-order valence-electron chi connectivity index (χ3n) is 7.00. The number of nitrogens with zero attached hydrogens (tertiary/aromatic N) is 1. The van der Waals surface area contributed by atoms with Gasteiger partial charge in [-0.3, -0.25) is 19.8 Å². The predicted molar refractivity (Wildman–Crippen MR) is 164 cm³/mol. The fourth-order valence-corrected chi connectivity index (χ4v) is 4.47. The molecule has 4 rings (SSSR count). The molecule has 11 nitrogen and oxygen atoms in total. The molecule has 4 N–H and O–H groups in total. The topological polar surface area (TPSA) is 171 Å². The molecule has 1 fully saturated rings. The van der Waals surface area contributed by atoms with Gasteiger partial charge in [0.1, 0.15) is 30.5 Å². The Hall–Kier alpha value is -5.32. The van der Waals surface area contributed by atoms with E-state index in [1.165, 1.54) is 20.1 Å². The summed E-state index contributed by atoms with van der Waals surface area (Å²) < 4.78 is 15.7. The number of esters is 2. The first-order chi connectivity index (χ1) is 21.1. The van der Waals surface area contributed by atoms with E-state index in [1.54, 1.807) is 48.5 Å². The largest absolute Gasteiger partial charge is 0.496 e. The van der Waals surface area contributed by atoms with Crippen molar-refractivity contribution in [1.29, 1.82) is 5.41 Å². The van der Waals surface area contributed by atoms with E-state index >= 15 is 0 Å². The summed E-state index contributed by atoms with van der Waals surface area (Å²) >= 11 is 0. The SMILES string of the molecule is C=Cc1cc(C(=O)Cc2ccc(C(=N)N)cc2)c(-c2ccc(C(=O)NCC3CC3)nc2C(=O)OCCOC(C)=O)cc1OC. The molecule has 11 heteroatoms. The number of ether oxygens (including phenoxy) is 3. The fourth-order valence-electron chi connectivity index (χ4n) is 4.47. The molecule has 1 saturated carbocycles. The molecular weight excluding hydrogens is 564 g/mol. The van der Waals surface area contributed by atoms with Crippen LogP contribution in [0.5, 0.6) is 5.75 Å². The number of carbonyl (C=O) groups excluding carboxylic acids is 4. The first-order valence-electron chi connectivity index (χ1n) is 14.0. The predicted octanol–water partition coefficient (Wildman–Crippen LogP) is 3.97. The molecule has 2 aromatic carbocycles. The molecule has 0 saturated heterocycles. The highest BCUT2D eigenvalue weighted by Crippen LogP contribution is 2.35. The smallest absolute Gasteiger partial charge is 0.357 e. The van der Waals surface area contributed by atoms with Crippen molar-refractivity contribution in [3.05, 3.63) is 88.8 Å². The van der Waals surface area contributed by atoms with Gasteiger partial charge in [-0.2, -0.15) is 0 Å². The number of carbonyl (C=O) groups is 4. The van der Waals surface area contributed by atoms with Crippen molar-refractivity contribution in [1.82, 2.24) is 10.3 Å². The summed E-state index contributed by atoms with van der Waals surface area (Å²) in [4.78, 5) is 55.5. The molecule has 3 aromatic rings. The van der Waals surface area contributed by atoms with Gasteiger partial charge in [-0.25, -0.2) is 9.78 Å². The van der Waals surface area contributed by atoms with Crippen LogP contribution in [-0.2, 0) is 20.7 Å². The highest BCUT2D eigenvalue weighted by atomic mass is 16.6. The zero-order valence-corrected chi connectivity index (χ0v) is 24.6. The summed E-state index contributed by atoms with van der Waals surface area (Å²) in [6.07, 6.45) is 3.65. The Bertz CT molecular complexity index is 1610. The maximum atomic E-state index is 13.8. The minimum absolute atomic E-state index is 0.00530. The highest BCUT2D eigenvalue weighted by Gasteiger charge is 2.26. The zero-order valence-electron chi connectivity index (χ0n) is 24.6. The number of amides is 1. The van der Waals surface area contributed by atoms with Crippen LogP contribution in [0.25, 0.3) is 17.2 Å². The minimum Gasteiger partial charge on any atom is -0.496 e. The molecule has 0 bridgehead atoms. The Balaban J connectivity index is 1.76. The summed E-state index contributed by atoms with van der Waals surface area (Å²) in [5.41, 5.74) is 7.99. The molecule has 0 spiro atoms. The van der Waals surface area contributed by atoms with E-state index < -0.39 is 17.8 Å². The standard InChI is InChI=1S/C33H34N4O7/c1-4-22-16-26(28(39)15-20-7-9-23(10-8-20)31(34)35)25(17-29(22)42-3)24-11-12-27(32(40)36-18-21-5-6-21)37-30(24)33(41)44-14-13-43-19(2)38/h4,7-12,16-17,21H,1,5-6,13-15,18H2,2-3H3,(H3,34,35)(H,36,40). The van der Waals surface area contributed by atoms with Gasteiger partial charge in [0.2, 0.25) is 0 Å². The number of nitrogens with one attached hydrogen (secondary N) is 2. The monoisotopic (exact) mass is 598 g/mol. The van der Waals surface area contributed by atoms with Crippen LogP contribution < -0.4 is 15.8 Å². The van der Waals surface area contributed by atoms with Crippen molar-refractivity contribution in [2.45, 2.75) is 26.2 Å². The molecule has 0 unspecified atom stereocenters. The zero-order chi connectivity index (χ0) is 31.8. The molecule has 1 aliphatic carbocycles. The van der Waals surface area contributed by atoms with E-state index in [0.29, 0.717) is 40.5 Å². The van der Waals surface area contributed by atoms with E-state index in [2.05, 4.69) is 16.9 Å². The molecule has 44 heavy (non-hydrogen) atoms. The van der Waals surface area contributed by atoms with Crippen LogP contribution in [0.1, 0.15) is 67.8 Å². The molecule has 1 heterocycles. The van der Waals surface area contributed by atoms with Crippen LogP contribution in [0.4, 0.5) is 0 Å². The highest BCUT2D eigenvalue weighted by molar-refractivity contribution is 6.07. The average Bonchev–Trinajstić information content (AvgIpc) is 3.85. The lowest BCUT2D eigenvalue weighted by Gasteiger charge is -2.17.